The first-order valence-corrected chi connectivity index (χ1v) is 6.86. The summed E-state index contributed by atoms with van der Waals surface area (Å²) in [5, 5.41) is 6.17. The van der Waals surface area contributed by atoms with E-state index in [0.29, 0.717) is 0 Å². The van der Waals surface area contributed by atoms with Crippen LogP contribution >= 0.6 is 15.9 Å². The van der Waals surface area contributed by atoms with Crippen molar-refractivity contribution < 1.29 is 4.79 Å². The third-order valence-electron chi connectivity index (χ3n) is 3.17. The molecule has 2 aromatic carbocycles. The number of halogens is 1. The Morgan fingerprint density at radius 3 is 2.84 bits per heavy atom. The van der Waals surface area contributed by atoms with E-state index in [9.17, 15) is 4.79 Å². The first-order chi connectivity index (χ1) is 9.13. The van der Waals surface area contributed by atoms with Crippen LogP contribution in [-0.2, 0) is 4.79 Å². The van der Waals surface area contributed by atoms with Gasteiger partial charge in [0.1, 0.15) is 6.04 Å². The zero-order valence-electron chi connectivity index (χ0n) is 10.4. The van der Waals surface area contributed by atoms with E-state index in [1.165, 1.54) is 0 Å². The molecule has 96 valence electrons. The molecule has 3 nitrogen and oxygen atoms in total. The fraction of sp³-hybridized carbons (Fsp3) is 0.133. The maximum absolute atomic E-state index is 12.0. The predicted molar refractivity (Wildman–Crippen MR) is 80.3 cm³/mol. The van der Waals surface area contributed by atoms with Crippen LogP contribution in [-0.4, -0.2) is 5.91 Å². The molecule has 0 aromatic heterocycles. The van der Waals surface area contributed by atoms with Crippen LogP contribution in [0.1, 0.15) is 17.2 Å². The third kappa shape index (κ3) is 2.36. The minimum Gasteiger partial charge on any atom is -0.370 e. The van der Waals surface area contributed by atoms with Crippen LogP contribution in [0.15, 0.2) is 46.9 Å². The molecule has 0 saturated heterocycles. The molecule has 1 aliphatic heterocycles. The van der Waals surface area contributed by atoms with Gasteiger partial charge in [0.05, 0.1) is 0 Å². The highest BCUT2D eigenvalue weighted by Crippen LogP contribution is 2.35. The maximum atomic E-state index is 12.0. The molecule has 0 bridgehead atoms. The second kappa shape index (κ2) is 4.70. The van der Waals surface area contributed by atoms with Crippen LogP contribution in [0.5, 0.6) is 0 Å². The summed E-state index contributed by atoms with van der Waals surface area (Å²) < 4.78 is 0.971. The van der Waals surface area contributed by atoms with Gasteiger partial charge in [0.2, 0.25) is 0 Å². The summed E-state index contributed by atoms with van der Waals surface area (Å²) in [5.74, 6) is -0.0189. The van der Waals surface area contributed by atoms with Gasteiger partial charge in [-0.05, 0) is 42.8 Å². The van der Waals surface area contributed by atoms with E-state index in [0.717, 1.165) is 27.0 Å². The van der Waals surface area contributed by atoms with Gasteiger partial charge in [-0.2, -0.15) is 0 Å². The van der Waals surface area contributed by atoms with E-state index in [2.05, 4.69) is 26.6 Å². The summed E-state index contributed by atoms with van der Waals surface area (Å²) in [5.41, 5.74) is 3.96. The summed E-state index contributed by atoms with van der Waals surface area (Å²) in [6.07, 6.45) is 0. The van der Waals surface area contributed by atoms with E-state index in [1.54, 1.807) is 0 Å². The van der Waals surface area contributed by atoms with E-state index < -0.39 is 0 Å². The molecule has 3 rings (SSSR count). The highest BCUT2D eigenvalue weighted by Gasteiger charge is 2.30. The van der Waals surface area contributed by atoms with Crippen molar-refractivity contribution in [3.63, 3.8) is 0 Å². The first-order valence-electron chi connectivity index (χ1n) is 6.07. The van der Waals surface area contributed by atoms with E-state index in [-0.39, 0.29) is 11.9 Å². The van der Waals surface area contributed by atoms with Gasteiger partial charge in [-0.25, -0.2) is 0 Å². The van der Waals surface area contributed by atoms with Gasteiger partial charge in [0.15, 0.2) is 0 Å². The van der Waals surface area contributed by atoms with Crippen molar-refractivity contribution in [2.75, 3.05) is 10.6 Å². The lowest BCUT2D eigenvalue weighted by atomic mass is 10.1. The summed E-state index contributed by atoms with van der Waals surface area (Å²) in [4.78, 5) is 12.0. The van der Waals surface area contributed by atoms with Crippen molar-refractivity contribution in [3.05, 3.63) is 58.1 Å². The fourth-order valence-electron chi connectivity index (χ4n) is 2.28. The first kappa shape index (κ1) is 12.2. The van der Waals surface area contributed by atoms with Crippen LogP contribution in [0.4, 0.5) is 11.4 Å². The lowest BCUT2D eigenvalue weighted by molar-refractivity contribution is -0.116. The monoisotopic (exact) mass is 316 g/mol. The van der Waals surface area contributed by atoms with Crippen LogP contribution in [0, 0.1) is 6.92 Å². The number of anilines is 2. The molecule has 1 amide bonds. The minimum atomic E-state index is -0.339. The maximum Gasteiger partial charge on any atom is 0.251 e. The van der Waals surface area contributed by atoms with Gasteiger partial charge >= 0.3 is 0 Å². The minimum absolute atomic E-state index is 0.0189. The SMILES string of the molecule is Cc1cccc(NC2C(=O)Nc3ccc(Br)cc32)c1. The topological polar surface area (TPSA) is 41.1 Å². The molecular formula is C15H13BrN2O. The Morgan fingerprint density at radius 2 is 2.05 bits per heavy atom. The molecule has 19 heavy (non-hydrogen) atoms. The average molecular weight is 317 g/mol. The molecule has 0 radical (unpaired) electrons. The molecule has 0 saturated carbocycles. The second-order valence-corrected chi connectivity index (χ2v) is 5.58. The van der Waals surface area contributed by atoms with Gasteiger partial charge in [0, 0.05) is 21.4 Å². The number of aryl methyl sites for hydroxylation is 1. The molecule has 0 aliphatic carbocycles. The van der Waals surface area contributed by atoms with Crippen molar-refractivity contribution in [1.82, 2.24) is 0 Å². The van der Waals surface area contributed by atoms with Crippen molar-refractivity contribution in [3.8, 4) is 0 Å². The number of nitrogens with one attached hydrogen (secondary N) is 2. The largest absolute Gasteiger partial charge is 0.370 e. The lowest BCUT2D eigenvalue weighted by Gasteiger charge is -2.13. The molecule has 1 aliphatic rings. The number of fused-ring (bicyclic) bond motifs is 1. The van der Waals surface area contributed by atoms with Crippen LogP contribution in [0.2, 0.25) is 0 Å². The second-order valence-electron chi connectivity index (χ2n) is 4.67. The van der Waals surface area contributed by atoms with Crippen LogP contribution in [0.3, 0.4) is 0 Å². The smallest absolute Gasteiger partial charge is 0.251 e. The Morgan fingerprint density at radius 1 is 1.21 bits per heavy atom. The highest BCUT2D eigenvalue weighted by molar-refractivity contribution is 9.10. The number of hydrogen-bond donors (Lipinski definition) is 2. The molecule has 0 spiro atoms. The molecule has 2 N–H and O–H groups in total. The van der Waals surface area contributed by atoms with E-state index in [4.69, 9.17) is 0 Å². The number of rotatable bonds is 2. The highest BCUT2D eigenvalue weighted by atomic mass is 79.9. The summed E-state index contributed by atoms with van der Waals surface area (Å²) in [6.45, 7) is 2.03. The van der Waals surface area contributed by atoms with Gasteiger partial charge < -0.3 is 10.6 Å². The normalized spacial score (nSPS) is 16.9. The van der Waals surface area contributed by atoms with Gasteiger partial charge in [-0.15, -0.1) is 0 Å². The predicted octanol–water partition coefficient (Wildman–Crippen LogP) is 3.86. The molecule has 1 atom stereocenters. The summed E-state index contributed by atoms with van der Waals surface area (Å²) in [7, 11) is 0. The molecular weight excluding hydrogens is 304 g/mol. The van der Waals surface area contributed by atoms with Crippen molar-refractivity contribution in [1.29, 1.82) is 0 Å². The van der Waals surface area contributed by atoms with Gasteiger partial charge in [-0.3, -0.25) is 4.79 Å². The number of carbonyl (C=O) groups is 1. The fourth-order valence-corrected chi connectivity index (χ4v) is 2.66. The van der Waals surface area contributed by atoms with Crippen LogP contribution < -0.4 is 10.6 Å². The number of carbonyl (C=O) groups excluding carboxylic acids is 1. The Bertz CT molecular complexity index is 654. The molecule has 4 heteroatoms. The molecule has 2 aromatic rings. The van der Waals surface area contributed by atoms with E-state index in [1.807, 2.05) is 49.4 Å². The van der Waals surface area contributed by atoms with Gasteiger partial charge in [-0.1, -0.05) is 28.1 Å². The van der Waals surface area contributed by atoms with Crippen LogP contribution in [0.25, 0.3) is 0 Å². The van der Waals surface area contributed by atoms with Crippen molar-refractivity contribution in [2.45, 2.75) is 13.0 Å². The number of amides is 1. The van der Waals surface area contributed by atoms with Crippen molar-refractivity contribution >= 4 is 33.2 Å². The molecule has 1 heterocycles. The number of hydrogen-bond acceptors (Lipinski definition) is 2. The Balaban J connectivity index is 1.94. The summed E-state index contributed by atoms with van der Waals surface area (Å²) in [6, 6.07) is 13.5. The van der Waals surface area contributed by atoms with Crippen molar-refractivity contribution in [2.24, 2.45) is 0 Å². The molecule has 1 unspecified atom stereocenters. The molecule has 0 fully saturated rings. The lowest BCUT2D eigenvalue weighted by Crippen LogP contribution is -2.19. The van der Waals surface area contributed by atoms with Gasteiger partial charge in [0.25, 0.3) is 5.91 Å². The third-order valence-corrected chi connectivity index (χ3v) is 3.67. The van der Waals surface area contributed by atoms with E-state index >= 15 is 0 Å². The average Bonchev–Trinajstić information content (AvgIpc) is 2.66. The zero-order chi connectivity index (χ0) is 13.4. The summed E-state index contributed by atoms with van der Waals surface area (Å²) >= 11 is 3.44. The zero-order valence-corrected chi connectivity index (χ0v) is 12.0. The Labute approximate surface area is 120 Å². The Hall–Kier alpha value is -1.81. The standard InChI is InChI=1S/C15H13BrN2O/c1-9-3-2-4-11(7-9)17-14-12-8-10(16)5-6-13(12)18-15(14)19/h2-8,14,17H,1H3,(H,18,19). The number of benzene rings is 2. The quantitative estimate of drug-likeness (QED) is 0.883. The Kier molecular flexibility index (Phi) is 3.03.